The molecule has 0 aromatic heterocycles. The van der Waals surface area contributed by atoms with E-state index in [1.165, 1.54) is 0 Å². The summed E-state index contributed by atoms with van der Waals surface area (Å²) < 4.78 is 17.1. The van der Waals surface area contributed by atoms with Crippen LogP contribution in [-0.4, -0.2) is 22.0 Å². The van der Waals surface area contributed by atoms with Crippen LogP contribution in [0.5, 0.6) is 0 Å². The Morgan fingerprint density at radius 1 is 1.17 bits per heavy atom. The smallest absolute Gasteiger partial charge is 0.374 e. The lowest BCUT2D eigenvalue weighted by molar-refractivity contribution is 0.0680. The average molecular weight is 266 g/mol. The summed E-state index contributed by atoms with van der Waals surface area (Å²) in [5, 5.41) is 0. The number of rotatable bonds is 8. The van der Waals surface area contributed by atoms with E-state index >= 15 is 0 Å². The SMILES string of the molecule is C=Cc1cccc(CO[Si](C)(OCC)OCC)c1. The van der Waals surface area contributed by atoms with E-state index in [1.54, 1.807) is 0 Å². The Morgan fingerprint density at radius 2 is 1.83 bits per heavy atom. The highest BCUT2D eigenvalue weighted by molar-refractivity contribution is 6.59. The second-order valence-corrected chi connectivity index (χ2v) is 6.56. The molecule has 0 aliphatic heterocycles. The van der Waals surface area contributed by atoms with Gasteiger partial charge in [-0.1, -0.05) is 30.9 Å². The van der Waals surface area contributed by atoms with E-state index in [1.807, 2.05) is 44.7 Å². The molecule has 3 nitrogen and oxygen atoms in total. The second kappa shape index (κ2) is 7.48. The first-order valence-electron chi connectivity index (χ1n) is 6.26. The van der Waals surface area contributed by atoms with Crippen molar-refractivity contribution in [3.63, 3.8) is 0 Å². The standard InChI is InChI=1S/C14H22O3Si/c1-5-13-9-8-10-14(11-13)12-17-18(4,15-6-2)16-7-3/h5,8-11H,1,6-7,12H2,2-4H3. The van der Waals surface area contributed by atoms with Gasteiger partial charge in [-0.25, -0.2) is 0 Å². The first kappa shape index (κ1) is 15.1. The lowest BCUT2D eigenvalue weighted by Crippen LogP contribution is -2.42. The molecule has 0 aliphatic carbocycles. The summed E-state index contributed by atoms with van der Waals surface area (Å²) >= 11 is 0. The van der Waals surface area contributed by atoms with Crippen LogP contribution in [0.15, 0.2) is 30.8 Å². The molecular formula is C14H22O3Si. The molecule has 1 rings (SSSR count). The minimum absolute atomic E-state index is 0.504. The van der Waals surface area contributed by atoms with Gasteiger partial charge in [-0.3, -0.25) is 0 Å². The third kappa shape index (κ3) is 4.74. The highest BCUT2D eigenvalue weighted by Crippen LogP contribution is 2.14. The van der Waals surface area contributed by atoms with Crippen molar-refractivity contribution in [2.45, 2.75) is 27.0 Å². The molecule has 18 heavy (non-hydrogen) atoms. The van der Waals surface area contributed by atoms with E-state index in [2.05, 4.69) is 12.6 Å². The number of benzene rings is 1. The zero-order valence-corrected chi connectivity index (χ0v) is 12.4. The molecule has 1 aromatic carbocycles. The van der Waals surface area contributed by atoms with Gasteiger partial charge < -0.3 is 13.3 Å². The van der Waals surface area contributed by atoms with Crippen LogP contribution in [0.2, 0.25) is 6.55 Å². The lowest BCUT2D eigenvalue weighted by Gasteiger charge is -2.25. The maximum Gasteiger partial charge on any atom is 0.497 e. The van der Waals surface area contributed by atoms with Gasteiger partial charge in [-0.05, 0) is 31.0 Å². The van der Waals surface area contributed by atoms with Crippen LogP contribution >= 0.6 is 0 Å². The molecule has 0 amide bonds. The van der Waals surface area contributed by atoms with Gasteiger partial charge >= 0.3 is 8.80 Å². The van der Waals surface area contributed by atoms with Crippen molar-refractivity contribution < 1.29 is 13.3 Å². The maximum absolute atomic E-state index is 5.86. The topological polar surface area (TPSA) is 27.7 Å². The maximum atomic E-state index is 5.86. The summed E-state index contributed by atoms with van der Waals surface area (Å²) in [5.74, 6) is 0. The van der Waals surface area contributed by atoms with E-state index < -0.39 is 8.80 Å². The Kier molecular flexibility index (Phi) is 6.28. The van der Waals surface area contributed by atoms with Crippen LogP contribution in [0.25, 0.3) is 6.08 Å². The summed E-state index contributed by atoms with van der Waals surface area (Å²) in [6.45, 7) is 11.3. The Hall–Kier alpha value is -0.943. The van der Waals surface area contributed by atoms with Crippen molar-refractivity contribution in [3.05, 3.63) is 42.0 Å². The van der Waals surface area contributed by atoms with E-state index in [0.717, 1.165) is 11.1 Å². The van der Waals surface area contributed by atoms with E-state index in [9.17, 15) is 0 Å². The van der Waals surface area contributed by atoms with Crippen molar-refractivity contribution >= 4 is 14.9 Å². The molecule has 0 radical (unpaired) electrons. The molecule has 0 saturated carbocycles. The van der Waals surface area contributed by atoms with Crippen LogP contribution in [0.3, 0.4) is 0 Å². The molecule has 0 bridgehead atoms. The Balaban J connectivity index is 2.63. The van der Waals surface area contributed by atoms with Gasteiger partial charge in [0, 0.05) is 19.8 Å². The minimum Gasteiger partial charge on any atom is -0.374 e. The van der Waals surface area contributed by atoms with Crippen LogP contribution in [0, 0.1) is 0 Å². The molecule has 4 heteroatoms. The van der Waals surface area contributed by atoms with Crippen molar-refractivity contribution in [1.82, 2.24) is 0 Å². The van der Waals surface area contributed by atoms with Crippen LogP contribution < -0.4 is 0 Å². The zero-order chi connectivity index (χ0) is 13.4. The molecule has 100 valence electrons. The summed E-state index contributed by atoms with van der Waals surface area (Å²) in [6.07, 6.45) is 1.82. The van der Waals surface area contributed by atoms with Crippen LogP contribution in [0.4, 0.5) is 0 Å². The van der Waals surface area contributed by atoms with Crippen LogP contribution in [0.1, 0.15) is 25.0 Å². The molecule has 0 atom stereocenters. The van der Waals surface area contributed by atoms with E-state index in [0.29, 0.717) is 19.8 Å². The van der Waals surface area contributed by atoms with Gasteiger partial charge in [0.1, 0.15) is 0 Å². The molecule has 0 fully saturated rings. The molecule has 0 unspecified atom stereocenters. The predicted molar refractivity (Wildman–Crippen MR) is 76.2 cm³/mol. The van der Waals surface area contributed by atoms with E-state index in [4.69, 9.17) is 13.3 Å². The van der Waals surface area contributed by atoms with Crippen molar-refractivity contribution in [2.75, 3.05) is 13.2 Å². The minimum atomic E-state index is -2.49. The molecule has 0 N–H and O–H groups in total. The Bertz CT molecular complexity index is 373. The highest BCUT2D eigenvalue weighted by atomic mass is 28.4. The number of hydrogen-bond acceptors (Lipinski definition) is 3. The van der Waals surface area contributed by atoms with Gasteiger partial charge in [0.05, 0.1) is 6.61 Å². The van der Waals surface area contributed by atoms with Gasteiger partial charge in [0.25, 0.3) is 0 Å². The fraction of sp³-hybridized carbons (Fsp3) is 0.429. The molecule has 0 saturated heterocycles. The normalized spacial score (nSPS) is 11.5. The Morgan fingerprint density at radius 3 is 2.39 bits per heavy atom. The third-order valence-corrected chi connectivity index (χ3v) is 4.80. The zero-order valence-electron chi connectivity index (χ0n) is 11.4. The van der Waals surface area contributed by atoms with Crippen LogP contribution in [-0.2, 0) is 19.9 Å². The summed E-state index contributed by atoms with van der Waals surface area (Å²) in [7, 11) is -2.49. The molecular weight excluding hydrogens is 244 g/mol. The molecule has 1 aromatic rings. The van der Waals surface area contributed by atoms with Gasteiger partial charge in [0.15, 0.2) is 0 Å². The fourth-order valence-corrected chi connectivity index (χ4v) is 3.40. The summed E-state index contributed by atoms with van der Waals surface area (Å²) in [5.41, 5.74) is 2.19. The first-order valence-corrected chi connectivity index (χ1v) is 8.49. The molecule has 0 aliphatic rings. The highest BCUT2D eigenvalue weighted by Gasteiger charge is 2.33. The largest absolute Gasteiger partial charge is 0.497 e. The molecule has 0 spiro atoms. The molecule has 0 heterocycles. The lowest BCUT2D eigenvalue weighted by atomic mass is 10.1. The number of hydrogen-bond donors (Lipinski definition) is 0. The Labute approximate surface area is 111 Å². The summed E-state index contributed by atoms with van der Waals surface area (Å²) in [6, 6.07) is 8.09. The van der Waals surface area contributed by atoms with Gasteiger partial charge in [0.2, 0.25) is 0 Å². The predicted octanol–water partition coefficient (Wildman–Crippen LogP) is 3.49. The van der Waals surface area contributed by atoms with Crippen molar-refractivity contribution in [2.24, 2.45) is 0 Å². The monoisotopic (exact) mass is 266 g/mol. The summed E-state index contributed by atoms with van der Waals surface area (Å²) in [4.78, 5) is 0. The fourth-order valence-electron chi connectivity index (χ4n) is 1.67. The average Bonchev–Trinajstić information content (AvgIpc) is 2.37. The quantitative estimate of drug-likeness (QED) is 0.674. The van der Waals surface area contributed by atoms with Crippen molar-refractivity contribution in [3.8, 4) is 0 Å². The third-order valence-electron chi connectivity index (χ3n) is 2.50. The van der Waals surface area contributed by atoms with Crippen molar-refractivity contribution in [1.29, 1.82) is 0 Å². The van der Waals surface area contributed by atoms with Gasteiger partial charge in [-0.15, -0.1) is 0 Å². The second-order valence-electron chi connectivity index (χ2n) is 3.97. The van der Waals surface area contributed by atoms with E-state index in [-0.39, 0.29) is 0 Å². The first-order chi connectivity index (χ1) is 8.63. The van der Waals surface area contributed by atoms with Gasteiger partial charge in [-0.2, -0.15) is 0 Å².